The average Bonchev–Trinajstić information content (AvgIpc) is 2.78. The van der Waals surface area contributed by atoms with Crippen LogP contribution in [0.2, 0.25) is 0 Å². The van der Waals surface area contributed by atoms with E-state index in [1.807, 2.05) is 0 Å². The van der Waals surface area contributed by atoms with Crippen molar-refractivity contribution in [3.8, 4) is 0 Å². The van der Waals surface area contributed by atoms with Crippen molar-refractivity contribution in [1.82, 2.24) is 14.9 Å². The number of nitrogens with zero attached hydrogens (tertiary/aromatic N) is 2. The standard InChI is InChI=1S/C10H15N3O4/c1-2-13(4-3-5-14)9(15)7-8(10(16)17)12-6-11-7/h6,14H,2-5H2,1H3,(H,11,12)(H,16,17). The Morgan fingerprint density at radius 1 is 1.53 bits per heavy atom. The largest absolute Gasteiger partial charge is 0.477 e. The number of aliphatic hydroxyl groups is 1. The molecule has 17 heavy (non-hydrogen) atoms. The molecule has 0 saturated heterocycles. The van der Waals surface area contributed by atoms with Gasteiger partial charge in [0, 0.05) is 19.7 Å². The molecule has 94 valence electrons. The van der Waals surface area contributed by atoms with Crippen LogP contribution in [-0.2, 0) is 0 Å². The van der Waals surface area contributed by atoms with Gasteiger partial charge in [-0.2, -0.15) is 0 Å². The van der Waals surface area contributed by atoms with Gasteiger partial charge in [0.1, 0.15) is 0 Å². The number of hydrogen-bond acceptors (Lipinski definition) is 4. The van der Waals surface area contributed by atoms with Crippen LogP contribution in [0.5, 0.6) is 0 Å². The van der Waals surface area contributed by atoms with Crippen LogP contribution in [0.15, 0.2) is 6.33 Å². The van der Waals surface area contributed by atoms with Crippen molar-refractivity contribution in [3.63, 3.8) is 0 Å². The van der Waals surface area contributed by atoms with E-state index in [0.717, 1.165) is 0 Å². The maximum absolute atomic E-state index is 12.0. The van der Waals surface area contributed by atoms with E-state index in [1.54, 1.807) is 6.92 Å². The number of carboxylic acid groups (broad SMARTS) is 1. The molecular formula is C10H15N3O4. The summed E-state index contributed by atoms with van der Waals surface area (Å²) in [6.07, 6.45) is 1.63. The predicted octanol–water partition coefficient (Wildman–Crippen LogP) is -0.0476. The number of aromatic nitrogens is 2. The van der Waals surface area contributed by atoms with Crippen molar-refractivity contribution in [2.24, 2.45) is 0 Å². The number of hydrogen-bond donors (Lipinski definition) is 3. The third-order valence-corrected chi connectivity index (χ3v) is 2.31. The molecule has 1 amide bonds. The van der Waals surface area contributed by atoms with Crippen LogP contribution in [-0.4, -0.2) is 56.7 Å². The van der Waals surface area contributed by atoms with Gasteiger partial charge >= 0.3 is 5.97 Å². The van der Waals surface area contributed by atoms with Gasteiger partial charge in [-0.15, -0.1) is 0 Å². The molecular weight excluding hydrogens is 226 g/mol. The minimum Gasteiger partial charge on any atom is -0.477 e. The molecule has 0 aliphatic heterocycles. The summed E-state index contributed by atoms with van der Waals surface area (Å²) in [5, 5.41) is 17.6. The van der Waals surface area contributed by atoms with Crippen LogP contribution in [0.4, 0.5) is 0 Å². The van der Waals surface area contributed by atoms with Crippen molar-refractivity contribution >= 4 is 11.9 Å². The number of aromatic amines is 1. The molecule has 3 N–H and O–H groups in total. The molecule has 0 spiro atoms. The molecule has 0 atom stereocenters. The fourth-order valence-electron chi connectivity index (χ4n) is 1.43. The Morgan fingerprint density at radius 2 is 2.24 bits per heavy atom. The molecule has 1 heterocycles. The van der Waals surface area contributed by atoms with E-state index in [-0.39, 0.29) is 18.0 Å². The topological polar surface area (TPSA) is 107 Å². The first-order valence-electron chi connectivity index (χ1n) is 5.28. The van der Waals surface area contributed by atoms with Crippen LogP contribution in [0, 0.1) is 0 Å². The summed E-state index contributed by atoms with van der Waals surface area (Å²) in [5.41, 5.74) is -0.310. The van der Waals surface area contributed by atoms with Gasteiger partial charge in [0.15, 0.2) is 11.4 Å². The highest BCUT2D eigenvalue weighted by atomic mass is 16.4. The van der Waals surface area contributed by atoms with Gasteiger partial charge in [-0.1, -0.05) is 0 Å². The number of rotatable bonds is 6. The molecule has 0 saturated carbocycles. The highest BCUT2D eigenvalue weighted by Crippen LogP contribution is 2.07. The normalized spacial score (nSPS) is 10.2. The molecule has 0 aliphatic carbocycles. The van der Waals surface area contributed by atoms with Gasteiger partial charge in [0.25, 0.3) is 5.91 Å². The summed E-state index contributed by atoms with van der Waals surface area (Å²) < 4.78 is 0. The van der Waals surface area contributed by atoms with Gasteiger partial charge in [0.2, 0.25) is 0 Å². The van der Waals surface area contributed by atoms with E-state index in [9.17, 15) is 9.59 Å². The number of aromatic carboxylic acids is 1. The van der Waals surface area contributed by atoms with Crippen LogP contribution < -0.4 is 0 Å². The first-order valence-corrected chi connectivity index (χ1v) is 5.28. The molecule has 1 rings (SSSR count). The highest BCUT2D eigenvalue weighted by molar-refractivity contribution is 6.02. The van der Waals surface area contributed by atoms with Crippen molar-refractivity contribution in [1.29, 1.82) is 0 Å². The number of amides is 1. The Labute approximate surface area is 98.1 Å². The summed E-state index contributed by atoms with van der Waals surface area (Å²) in [6.45, 7) is 2.57. The van der Waals surface area contributed by atoms with Crippen LogP contribution in [0.25, 0.3) is 0 Å². The number of imidazole rings is 1. The lowest BCUT2D eigenvalue weighted by molar-refractivity contribution is 0.0667. The Bertz CT molecular complexity index is 402. The lowest BCUT2D eigenvalue weighted by Crippen LogP contribution is -2.33. The van der Waals surface area contributed by atoms with Crippen LogP contribution >= 0.6 is 0 Å². The minimum atomic E-state index is -1.22. The summed E-state index contributed by atoms with van der Waals surface area (Å²) >= 11 is 0. The zero-order valence-corrected chi connectivity index (χ0v) is 9.51. The molecule has 0 bridgehead atoms. The maximum atomic E-state index is 12.0. The van der Waals surface area contributed by atoms with Gasteiger partial charge < -0.3 is 20.1 Å². The molecule has 7 heteroatoms. The van der Waals surface area contributed by atoms with Crippen LogP contribution in [0.1, 0.15) is 34.3 Å². The van der Waals surface area contributed by atoms with E-state index < -0.39 is 11.9 Å². The Morgan fingerprint density at radius 3 is 2.76 bits per heavy atom. The average molecular weight is 241 g/mol. The number of carboxylic acids is 1. The summed E-state index contributed by atoms with van der Waals surface area (Å²) in [7, 11) is 0. The molecule has 1 aromatic heterocycles. The monoisotopic (exact) mass is 241 g/mol. The van der Waals surface area contributed by atoms with E-state index in [0.29, 0.717) is 19.5 Å². The van der Waals surface area contributed by atoms with Gasteiger partial charge in [0.05, 0.1) is 6.33 Å². The Kier molecular flexibility index (Phi) is 4.65. The minimum absolute atomic E-state index is 0.0177. The van der Waals surface area contributed by atoms with Crippen molar-refractivity contribution in [3.05, 3.63) is 17.7 Å². The lowest BCUT2D eigenvalue weighted by Gasteiger charge is -2.19. The molecule has 0 radical (unpaired) electrons. The SMILES string of the molecule is CCN(CCCO)C(=O)c1nc[nH]c1C(=O)O. The molecule has 1 aromatic rings. The first-order chi connectivity index (χ1) is 8.11. The Hall–Kier alpha value is -1.89. The fraction of sp³-hybridized carbons (Fsp3) is 0.500. The third kappa shape index (κ3) is 3.04. The maximum Gasteiger partial charge on any atom is 0.354 e. The van der Waals surface area contributed by atoms with Gasteiger partial charge in [-0.25, -0.2) is 9.78 Å². The zero-order valence-electron chi connectivity index (χ0n) is 9.51. The van der Waals surface area contributed by atoms with E-state index in [4.69, 9.17) is 10.2 Å². The van der Waals surface area contributed by atoms with E-state index in [1.165, 1.54) is 11.2 Å². The number of aliphatic hydroxyl groups excluding tert-OH is 1. The number of nitrogens with one attached hydrogen (secondary N) is 1. The number of H-pyrrole nitrogens is 1. The van der Waals surface area contributed by atoms with Crippen molar-refractivity contribution < 1.29 is 19.8 Å². The molecule has 7 nitrogen and oxygen atoms in total. The molecule has 0 aliphatic rings. The summed E-state index contributed by atoms with van der Waals surface area (Å²) in [4.78, 5) is 30.4. The molecule has 0 aromatic carbocycles. The third-order valence-electron chi connectivity index (χ3n) is 2.31. The van der Waals surface area contributed by atoms with E-state index >= 15 is 0 Å². The summed E-state index contributed by atoms with van der Waals surface area (Å²) in [6, 6.07) is 0. The number of carbonyl (C=O) groups excluding carboxylic acids is 1. The summed E-state index contributed by atoms with van der Waals surface area (Å²) in [5.74, 6) is -1.66. The quantitative estimate of drug-likeness (QED) is 0.647. The predicted molar refractivity (Wildman–Crippen MR) is 58.8 cm³/mol. The Balaban J connectivity index is 2.86. The molecule has 0 unspecified atom stereocenters. The zero-order chi connectivity index (χ0) is 12.8. The smallest absolute Gasteiger partial charge is 0.354 e. The first kappa shape index (κ1) is 13.2. The second kappa shape index (κ2) is 6.00. The van der Waals surface area contributed by atoms with Crippen LogP contribution in [0.3, 0.4) is 0 Å². The number of carbonyl (C=O) groups is 2. The van der Waals surface area contributed by atoms with E-state index in [2.05, 4.69) is 9.97 Å². The van der Waals surface area contributed by atoms with Crippen molar-refractivity contribution in [2.75, 3.05) is 19.7 Å². The second-order valence-corrected chi connectivity index (χ2v) is 3.39. The molecule has 0 fully saturated rings. The fourth-order valence-corrected chi connectivity index (χ4v) is 1.43. The van der Waals surface area contributed by atoms with Crippen molar-refractivity contribution in [2.45, 2.75) is 13.3 Å². The highest BCUT2D eigenvalue weighted by Gasteiger charge is 2.23. The second-order valence-electron chi connectivity index (χ2n) is 3.39. The van der Waals surface area contributed by atoms with Gasteiger partial charge in [-0.05, 0) is 13.3 Å². The van der Waals surface area contributed by atoms with Gasteiger partial charge in [-0.3, -0.25) is 4.79 Å². The lowest BCUT2D eigenvalue weighted by atomic mass is 10.2.